The monoisotopic (exact) mass is 303 g/mol. The summed E-state index contributed by atoms with van der Waals surface area (Å²) in [4.78, 5) is 0. The van der Waals surface area contributed by atoms with Crippen LogP contribution in [-0.2, 0) is 15.7 Å². The maximum absolute atomic E-state index is 12.8. The molecule has 0 spiro atoms. The Kier molecular flexibility index (Phi) is 6.99. The van der Waals surface area contributed by atoms with Crippen molar-refractivity contribution < 1.29 is 27.4 Å². The smallest absolute Gasteiger partial charge is 0.420 e. The number of rotatable bonds is 8. The minimum atomic E-state index is -4.57. The molecule has 1 rings (SSSR count). The molecule has 0 fully saturated rings. The van der Waals surface area contributed by atoms with Crippen molar-refractivity contribution in [2.75, 3.05) is 33.5 Å². The first-order valence-electron chi connectivity index (χ1n) is 6.30. The van der Waals surface area contributed by atoms with E-state index in [4.69, 9.17) is 19.5 Å². The average Bonchev–Trinajstić information content (AvgIpc) is 2.45. The summed E-state index contributed by atoms with van der Waals surface area (Å²) in [6.07, 6.45) is -3.86. The summed E-state index contributed by atoms with van der Waals surface area (Å²) in [5.74, 6) is -0.304. The van der Waals surface area contributed by atoms with Crippen molar-refractivity contribution in [2.24, 2.45) is 0 Å². The van der Waals surface area contributed by atoms with Crippen molar-refractivity contribution in [3.8, 4) is 11.8 Å². The van der Waals surface area contributed by atoms with Crippen molar-refractivity contribution in [3.05, 3.63) is 29.3 Å². The Bertz CT molecular complexity index is 483. The lowest BCUT2D eigenvalue weighted by molar-refractivity contribution is -0.139. The van der Waals surface area contributed by atoms with Gasteiger partial charge in [0.2, 0.25) is 0 Å². The molecule has 0 bridgehead atoms. The lowest BCUT2D eigenvalue weighted by Crippen LogP contribution is -2.13. The lowest BCUT2D eigenvalue weighted by Gasteiger charge is -2.14. The third kappa shape index (κ3) is 6.02. The topological polar surface area (TPSA) is 51.5 Å². The van der Waals surface area contributed by atoms with Gasteiger partial charge in [-0.15, -0.1) is 0 Å². The van der Waals surface area contributed by atoms with Crippen LogP contribution in [0.5, 0.6) is 5.75 Å². The van der Waals surface area contributed by atoms with Gasteiger partial charge in [-0.05, 0) is 24.6 Å². The molecule has 0 aliphatic carbocycles. The minimum Gasteiger partial charge on any atom is -0.491 e. The Morgan fingerprint density at radius 1 is 1.14 bits per heavy atom. The standard InChI is InChI=1S/C14H16F3NO3/c1-19-5-2-6-20-7-8-21-13-4-3-11(10-18)9-12(13)14(15,16)17/h3-4,9H,2,5-8H2,1H3. The summed E-state index contributed by atoms with van der Waals surface area (Å²) in [5.41, 5.74) is -1.02. The van der Waals surface area contributed by atoms with E-state index < -0.39 is 11.7 Å². The molecule has 7 heteroatoms. The Hall–Kier alpha value is -1.78. The quantitative estimate of drug-likeness (QED) is 0.693. The van der Waals surface area contributed by atoms with Crippen molar-refractivity contribution >= 4 is 0 Å². The van der Waals surface area contributed by atoms with E-state index in [9.17, 15) is 13.2 Å². The van der Waals surface area contributed by atoms with Gasteiger partial charge in [-0.1, -0.05) is 0 Å². The number of methoxy groups -OCH3 is 1. The molecule has 0 aliphatic heterocycles. The largest absolute Gasteiger partial charge is 0.491 e. The highest BCUT2D eigenvalue weighted by Crippen LogP contribution is 2.36. The van der Waals surface area contributed by atoms with Crippen LogP contribution in [0.3, 0.4) is 0 Å². The summed E-state index contributed by atoms with van der Waals surface area (Å²) in [6.45, 7) is 1.20. The van der Waals surface area contributed by atoms with Crippen LogP contribution in [0.25, 0.3) is 0 Å². The van der Waals surface area contributed by atoms with E-state index in [1.807, 2.05) is 0 Å². The second-order valence-corrected chi connectivity index (χ2v) is 4.13. The fraction of sp³-hybridized carbons (Fsp3) is 0.500. The summed E-state index contributed by atoms with van der Waals surface area (Å²) >= 11 is 0. The van der Waals surface area contributed by atoms with E-state index >= 15 is 0 Å². The Morgan fingerprint density at radius 3 is 2.52 bits per heavy atom. The first kappa shape index (κ1) is 17.3. The van der Waals surface area contributed by atoms with Gasteiger partial charge in [0, 0.05) is 20.3 Å². The zero-order valence-electron chi connectivity index (χ0n) is 11.6. The molecule has 21 heavy (non-hydrogen) atoms. The van der Waals surface area contributed by atoms with E-state index in [0.717, 1.165) is 12.1 Å². The van der Waals surface area contributed by atoms with Crippen LogP contribution in [0.2, 0.25) is 0 Å². The zero-order valence-corrected chi connectivity index (χ0v) is 11.6. The molecule has 4 nitrogen and oxygen atoms in total. The molecule has 0 unspecified atom stereocenters. The first-order chi connectivity index (χ1) is 9.99. The van der Waals surface area contributed by atoms with Crippen LogP contribution in [-0.4, -0.2) is 33.5 Å². The highest BCUT2D eigenvalue weighted by molar-refractivity contribution is 5.43. The van der Waals surface area contributed by atoms with Crippen LogP contribution < -0.4 is 4.74 Å². The lowest BCUT2D eigenvalue weighted by atomic mass is 10.1. The Balaban J connectivity index is 2.53. The number of ether oxygens (including phenoxy) is 3. The van der Waals surface area contributed by atoms with Crippen molar-refractivity contribution in [1.82, 2.24) is 0 Å². The maximum Gasteiger partial charge on any atom is 0.420 e. The Morgan fingerprint density at radius 2 is 1.90 bits per heavy atom. The van der Waals surface area contributed by atoms with Crippen molar-refractivity contribution in [3.63, 3.8) is 0 Å². The van der Waals surface area contributed by atoms with E-state index in [0.29, 0.717) is 19.6 Å². The van der Waals surface area contributed by atoms with Gasteiger partial charge in [-0.25, -0.2) is 0 Å². The second kappa shape index (κ2) is 8.49. The number of hydrogen-bond donors (Lipinski definition) is 0. The molecular weight excluding hydrogens is 287 g/mol. The molecule has 0 radical (unpaired) electrons. The Labute approximate surface area is 121 Å². The van der Waals surface area contributed by atoms with Crippen LogP contribution in [0.4, 0.5) is 13.2 Å². The number of nitriles is 1. The molecule has 0 saturated heterocycles. The number of halogens is 3. The zero-order chi connectivity index (χ0) is 15.7. The number of benzene rings is 1. The molecule has 116 valence electrons. The molecule has 1 aromatic carbocycles. The normalized spacial score (nSPS) is 11.2. The van der Waals surface area contributed by atoms with Gasteiger partial charge in [-0.2, -0.15) is 18.4 Å². The fourth-order valence-electron chi connectivity index (χ4n) is 1.56. The second-order valence-electron chi connectivity index (χ2n) is 4.13. The van der Waals surface area contributed by atoms with Gasteiger partial charge in [0.15, 0.2) is 0 Å². The average molecular weight is 303 g/mol. The molecule has 0 aromatic heterocycles. The van der Waals surface area contributed by atoms with Crippen LogP contribution in [0, 0.1) is 11.3 Å². The van der Waals surface area contributed by atoms with Crippen molar-refractivity contribution in [2.45, 2.75) is 12.6 Å². The molecule has 1 aromatic rings. The van der Waals surface area contributed by atoms with E-state index in [1.54, 1.807) is 13.2 Å². The van der Waals surface area contributed by atoms with Crippen molar-refractivity contribution in [1.29, 1.82) is 5.26 Å². The third-order valence-corrected chi connectivity index (χ3v) is 2.54. The molecule has 0 aliphatic rings. The van der Waals surface area contributed by atoms with E-state index in [-0.39, 0.29) is 24.5 Å². The van der Waals surface area contributed by atoms with Crippen LogP contribution in [0.15, 0.2) is 18.2 Å². The predicted molar refractivity (Wildman–Crippen MR) is 69.0 cm³/mol. The molecule has 0 atom stereocenters. The predicted octanol–water partition coefficient (Wildman–Crippen LogP) is 3.01. The fourth-order valence-corrected chi connectivity index (χ4v) is 1.56. The SMILES string of the molecule is COCCCOCCOc1ccc(C#N)cc1C(F)(F)F. The van der Waals surface area contributed by atoms with Gasteiger partial charge < -0.3 is 14.2 Å². The van der Waals surface area contributed by atoms with Gasteiger partial charge >= 0.3 is 6.18 Å². The number of hydrogen-bond acceptors (Lipinski definition) is 4. The summed E-state index contributed by atoms with van der Waals surface area (Å²) in [6, 6.07) is 4.87. The van der Waals surface area contributed by atoms with Gasteiger partial charge in [0.25, 0.3) is 0 Å². The maximum atomic E-state index is 12.8. The number of alkyl halides is 3. The molecule has 0 amide bonds. The third-order valence-electron chi connectivity index (χ3n) is 2.54. The summed E-state index contributed by atoms with van der Waals surface area (Å²) in [7, 11) is 1.58. The first-order valence-corrected chi connectivity index (χ1v) is 6.30. The van der Waals surface area contributed by atoms with E-state index in [2.05, 4.69) is 0 Å². The highest BCUT2D eigenvalue weighted by atomic mass is 19.4. The molecule has 0 N–H and O–H groups in total. The van der Waals surface area contributed by atoms with Gasteiger partial charge in [0.05, 0.1) is 23.8 Å². The van der Waals surface area contributed by atoms with Gasteiger partial charge in [-0.3, -0.25) is 0 Å². The van der Waals surface area contributed by atoms with E-state index in [1.165, 1.54) is 6.07 Å². The van der Waals surface area contributed by atoms with Crippen LogP contribution in [0.1, 0.15) is 17.5 Å². The van der Waals surface area contributed by atoms with Crippen LogP contribution >= 0.6 is 0 Å². The molecule has 0 heterocycles. The minimum absolute atomic E-state index is 0.00195. The summed E-state index contributed by atoms with van der Waals surface area (Å²) < 4.78 is 53.6. The molecule has 0 saturated carbocycles. The van der Waals surface area contributed by atoms with Gasteiger partial charge in [0.1, 0.15) is 12.4 Å². The highest BCUT2D eigenvalue weighted by Gasteiger charge is 2.34. The molecular formula is C14H16F3NO3. The summed E-state index contributed by atoms with van der Waals surface area (Å²) in [5, 5.41) is 8.65. The number of nitrogens with zero attached hydrogens (tertiary/aromatic N) is 1.